The van der Waals surface area contributed by atoms with Crippen molar-refractivity contribution in [3.63, 3.8) is 0 Å². The second kappa shape index (κ2) is 13.6. The Kier molecular flexibility index (Phi) is 13.2. The molecule has 8 heteroatoms. The van der Waals surface area contributed by atoms with Crippen molar-refractivity contribution in [1.29, 1.82) is 0 Å². The Morgan fingerprint density at radius 1 is 1.42 bits per heavy atom. The number of aliphatic hydroxyl groups excluding tert-OH is 2. The van der Waals surface area contributed by atoms with Gasteiger partial charge in [-0.3, -0.25) is 0 Å². The average molecular weight is 412 g/mol. The Labute approximate surface area is 159 Å². The molecule has 1 amide bonds. The summed E-state index contributed by atoms with van der Waals surface area (Å²) in [7, 11) is 9.78. The van der Waals surface area contributed by atoms with E-state index in [1.54, 1.807) is 20.8 Å². The van der Waals surface area contributed by atoms with Crippen molar-refractivity contribution in [2.75, 3.05) is 6.61 Å². The van der Waals surface area contributed by atoms with E-state index in [0.717, 1.165) is 5.56 Å². The van der Waals surface area contributed by atoms with Crippen molar-refractivity contribution < 1.29 is 36.8 Å². The number of nitrogens with zero attached hydrogens (tertiary/aromatic N) is 1. The third-order valence-corrected chi connectivity index (χ3v) is 2.78. The first-order chi connectivity index (χ1) is 11.4. The van der Waals surface area contributed by atoms with Gasteiger partial charge < -0.3 is 14.9 Å². The molecule has 1 heterocycles. The molecular formula is C16H23Cl2NO4Ti. The molecule has 2 N–H and O–H groups in total. The molecule has 2 rings (SSSR count). The molecule has 0 bridgehead atoms. The fourth-order valence-electron chi connectivity index (χ4n) is 1.92. The molecule has 0 aromatic heterocycles. The van der Waals surface area contributed by atoms with Crippen LogP contribution < -0.4 is 0 Å². The average Bonchev–Trinajstić information content (AvgIpc) is 2.88. The van der Waals surface area contributed by atoms with Crippen molar-refractivity contribution >= 4 is 24.7 Å². The first kappa shape index (κ1) is 23.3. The molecule has 1 aliphatic rings. The number of carbonyl (C=O) groups is 1. The zero-order valence-electron chi connectivity index (χ0n) is 13.9. The Hall–Kier alpha value is -0.716. The van der Waals surface area contributed by atoms with Crippen LogP contribution in [0.3, 0.4) is 0 Å². The van der Waals surface area contributed by atoms with Crippen LogP contribution in [0.15, 0.2) is 42.3 Å². The third-order valence-electron chi connectivity index (χ3n) is 2.78. The summed E-state index contributed by atoms with van der Waals surface area (Å²) >= 11 is -0.556. The number of halogens is 2. The van der Waals surface area contributed by atoms with Crippen LogP contribution in [0.1, 0.15) is 26.3 Å². The topological polar surface area (TPSA) is 70.0 Å². The summed E-state index contributed by atoms with van der Waals surface area (Å²) in [5.41, 5.74) is 1.12. The molecule has 0 aliphatic carbocycles. The molecule has 1 aromatic carbocycles. The van der Waals surface area contributed by atoms with Crippen LogP contribution in [0, 0.1) is 0 Å². The molecule has 134 valence electrons. The van der Waals surface area contributed by atoms with Crippen LogP contribution in [-0.4, -0.2) is 40.0 Å². The van der Waals surface area contributed by atoms with Crippen LogP contribution in [0.5, 0.6) is 0 Å². The van der Waals surface area contributed by atoms with Crippen LogP contribution in [-0.2, 0) is 28.2 Å². The van der Waals surface area contributed by atoms with Gasteiger partial charge in [0.25, 0.3) is 0 Å². The van der Waals surface area contributed by atoms with E-state index in [-0.39, 0.29) is 18.0 Å². The predicted molar refractivity (Wildman–Crippen MR) is 92.6 cm³/mol. The van der Waals surface area contributed by atoms with E-state index in [2.05, 4.69) is 0 Å². The van der Waals surface area contributed by atoms with E-state index in [0.29, 0.717) is 13.0 Å². The minimum atomic E-state index is -0.556. The van der Waals surface area contributed by atoms with Crippen molar-refractivity contribution in [2.45, 2.75) is 39.3 Å². The van der Waals surface area contributed by atoms with Crippen LogP contribution in [0.2, 0.25) is 0 Å². The number of ether oxygens (including phenoxy) is 1. The van der Waals surface area contributed by atoms with Gasteiger partial charge in [-0.25, -0.2) is 9.69 Å². The number of aliphatic hydroxyl groups is 2. The monoisotopic (exact) mass is 411 g/mol. The maximum absolute atomic E-state index is 11.5. The number of benzene rings is 1. The van der Waals surface area contributed by atoms with E-state index < -0.39 is 23.1 Å². The molecule has 1 saturated heterocycles. The molecule has 1 aliphatic heterocycles. The fraction of sp³-hybridized carbons (Fsp3) is 0.438. The summed E-state index contributed by atoms with van der Waals surface area (Å²) in [6.45, 7) is 5.44. The number of rotatable bonds is 3. The second-order valence-corrected chi connectivity index (χ2v) is 7.68. The van der Waals surface area contributed by atoms with Gasteiger partial charge in [-0.05, 0) is 38.8 Å². The molecule has 0 radical (unpaired) electrons. The molecular weight excluding hydrogens is 389 g/mol. The van der Waals surface area contributed by atoms with E-state index in [4.69, 9.17) is 28.5 Å². The molecule has 5 nitrogen and oxygen atoms in total. The summed E-state index contributed by atoms with van der Waals surface area (Å²) in [6, 6.07) is 9.70. The van der Waals surface area contributed by atoms with Gasteiger partial charge >= 0.3 is 41.7 Å². The number of carbonyl (C=O) groups excluding carboxylic acids is 1. The van der Waals surface area contributed by atoms with Crippen molar-refractivity contribution in [1.82, 2.24) is 4.90 Å². The third kappa shape index (κ3) is 9.55. The van der Waals surface area contributed by atoms with Crippen molar-refractivity contribution in [3.05, 3.63) is 47.9 Å². The summed E-state index contributed by atoms with van der Waals surface area (Å²) in [5.74, 6) is -0.0477. The molecule has 24 heavy (non-hydrogen) atoms. The number of hydrogen-bond donors (Lipinski definition) is 2. The van der Waals surface area contributed by atoms with Crippen LogP contribution in [0.4, 0.5) is 4.79 Å². The van der Waals surface area contributed by atoms with Crippen LogP contribution in [0.25, 0.3) is 0 Å². The van der Waals surface area contributed by atoms with E-state index in [1.807, 2.05) is 30.3 Å². The van der Waals surface area contributed by atoms with Gasteiger partial charge in [0, 0.05) is 6.10 Å². The quantitative estimate of drug-likeness (QED) is 0.576. The SMILES string of the molecule is C/C=C(\O)N1C(=O)OC[C@H]1Cc1ccccc1.CC(C)O.[Cl][Ti][Cl]. The van der Waals surface area contributed by atoms with Gasteiger partial charge in [0.2, 0.25) is 0 Å². The first-order valence-corrected chi connectivity index (χ1v) is 11.7. The van der Waals surface area contributed by atoms with Crippen molar-refractivity contribution in [2.24, 2.45) is 0 Å². The van der Waals surface area contributed by atoms with Gasteiger partial charge in [-0.2, -0.15) is 0 Å². The summed E-state index contributed by atoms with van der Waals surface area (Å²) in [5, 5.41) is 17.7. The van der Waals surface area contributed by atoms with E-state index >= 15 is 0 Å². The van der Waals surface area contributed by atoms with Gasteiger partial charge in [0.15, 0.2) is 5.88 Å². The molecule has 1 fully saturated rings. The Bertz CT molecular complexity index is 497. The normalized spacial score (nSPS) is 16.6. The Morgan fingerprint density at radius 2 is 1.92 bits per heavy atom. The molecule has 1 aromatic rings. The van der Waals surface area contributed by atoms with E-state index in [9.17, 15) is 9.90 Å². The molecule has 0 spiro atoms. The van der Waals surface area contributed by atoms with Crippen molar-refractivity contribution in [3.8, 4) is 0 Å². The van der Waals surface area contributed by atoms with Gasteiger partial charge in [-0.15, -0.1) is 0 Å². The molecule has 0 saturated carbocycles. The molecule has 1 atom stereocenters. The second-order valence-electron chi connectivity index (χ2n) is 5.10. The Morgan fingerprint density at radius 3 is 2.38 bits per heavy atom. The zero-order valence-corrected chi connectivity index (χ0v) is 17.0. The first-order valence-electron chi connectivity index (χ1n) is 7.36. The zero-order chi connectivity index (χ0) is 18.5. The summed E-state index contributed by atoms with van der Waals surface area (Å²) < 4.78 is 4.96. The number of cyclic esters (lactones) is 1. The number of allylic oxidation sites excluding steroid dienone is 1. The number of hydrogen-bond acceptors (Lipinski definition) is 4. The standard InChI is InChI=1S/C13H15NO3.C3H8O.2ClH.Ti/c1-2-12(15)14-11(9-17-13(14)16)8-10-6-4-3-5-7-10;1-3(2)4;;;/h2-7,11,15H,8-9H2,1H3;3-4H,1-2H3;2*1H;/q;;;;+2/p-2/b12-2-;;;;/t11-;;;;/m1..../s1. The van der Waals surface area contributed by atoms with Gasteiger partial charge in [0.1, 0.15) is 6.61 Å². The Balaban J connectivity index is 0.000000648. The molecule has 0 unspecified atom stereocenters. The number of amides is 1. The maximum atomic E-state index is 11.5. The minimum absolute atomic E-state index is 0.0477. The van der Waals surface area contributed by atoms with E-state index in [1.165, 1.54) is 11.0 Å². The van der Waals surface area contributed by atoms with Crippen LogP contribution >= 0.6 is 18.6 Å². The fourth-order valence-corrected chi connectivity index (χ4v) is 1.92. The van der Waals surface area contributed by atoms with Gasteiger partial charge in [0.05, 0.1) is 6.04 Å². The van der Waals surface area contributed by atoms with Gasteiger partial charge in [-0.1, -0.05) is 30.3 Å². The predicted octanol–water partition coefficient (Wildman–Crippen LogP) is 4.23. The summed E-state index contributed by atoms with van der Waals surface area (Å²) in [6.07, 6.45) is 1.51. The summed E-state index contributed by atoms with van der Waals surface area (Å²) in [4.78, 5) is 12.8.